The monoisotopic (exact) mass is 256 g/mol. The molecule has 0 atom stereocenters. The molecule has 0 aliphatic carbocycles. The minimum Gasteiger partial charge on any atom is -0.477 e. The summed E-state index contributed by atoms with van der Waals surface area (Å²) in [5.41, 5.74) is 1.78. The van der Waals surface area contributed by atoms with Crippen LogP contribution < -0.4 is 0 Å². The van der Waals surface area contributed by atoms with Gasteiger partial charge in [0.25, 0.3) is 0 Å². The molecule has 2 heterocycles. The molecule has 0 saturated heterocycles. The van der Waals surface area contributed by atoms with Gasteiger partial charge in [-0.3, -0.25) is 0 Å². The lowest BCUT2D eigenvalue weighted by atomic mass is 10.1. The fourth-order valence-corrected chi connectivity index (χ4v) is 1.97. The molecule has 3 aromatic rings. The van der Waals surface area contributed by atoms with Gasteiger partial charge in [0, 0.05) is 22.8 Å². The predicted octanol–water partition coefficient (Wildman–Crippen LogP) is 2.84. The van der Waals surface area contributed by atoms with Crippen LogP contribution in [0.3, 0.4) is 0 Å². The van der Waals surface area contributed by atoms with Crippen molar-refractivity contribution in [2.45, 2.75) is 0 Å². The highest BCUT2D eigenvalue weighted by atomic mass is 19.1. The van der Waals surface area contributed by atoms with Gasteiger partial charge in [0.2, 0.25) is 0 Å². The average molecular weight is 256 g/mol. The van der Waals surface area contributed by atoms with Gasteiger partial charge >= 0.3 is 5.97 Å². The van der Waals surface area contributed by atoms with E-state index in [0.717, 1.165) is 0 Å². The summed E-state index contributed by atoms with van der Waals surface area (Å²) in [6.07, 6.45) is 3.12. The lowest BCUT2D eigenvalue weighted by Gasteiger charge is -1.97. The Bertz CT molecular complexity index is 780. The van der Waals surface area contributed by atoms with E-state index >= 15 is 0 Å². The average Bonchev–Trinajstić information content (AvgIpc) is 2.81. The maximum Gasteiger partial charge on any atom is 0.354 e. The molecule has 3 rings (SSSR count). The van der Waals surface area contributed by atoms with Gasteiger partial charge in [-0.25, -0.2) is 14.2 Å². The van der Waals surface area contributed by atoms with Crippen molar-refractivity contribution >= 4 is 11.5 Å². The normalized spacial score (nSPS) is 10.8. The second-order valence-corrected chi connectivity index (χ2v) is 4.12. The Labute approximate surface area is 107 Å². The van der Waals surface area contributed by atoms with E-state index in [9.17, 15) is 9.18 Å². The third-order valence-electron chi connectivity index (χ3n) is 2.89. The van der Waals surface area contributed by atoms with Crippen molar-refractivity contribution in [2.24, 2.45) is 0 Å². The molecule has 0 unspecified atom stereocenters. The fourth-order valence-electron chi connectivity index (χ4n) is 1.97. The van der Waals surface area contributed by atoms with Crippen LogP contribution in [-0.2, 0) is 0 Å². The minimum atomic E-state index is -1.09. The quantitative estimate of drug-likeness (QED) is 0.767. The van der Waals surface area contributed by atoms with E-state index in [-0.39, 0.29) is 11.5 Å². The Balaban J connectivity index is 2.17. The topological polar surface area (TPSA) is 54.6 Å². The highest BCUT2D eigenvalue weighted by molar-refractivity contribution is 5.87. The molecule has 0 aliphatic heterocycles. The summed E-state index contributed by atoms with van der Waals surface area (Å²) in [7, 11) is 0. The van der Waals surface area contributed by atoms with Crippen molar-refractivity contribution in [3.63, 3.8) is 0 Å². The molecule has 1 aromatic carbocycles. The number of hydrogen-bond donors (Lipinski definition) is 1. The predicted molar refractivity (Wildman–Crippen MR) is 67.5 cm³/mol. The zero-order valence-electron chi connectivity index (χ0n) is 9.75. The van der Waals surface area contributed by atoms with Crippen LogP contribution in [0.15, 0.2) is 48.9 Å². The summed E-state index contributed by atoms with van der Waals surface area (Å²) in [4.78, 5) is 14.6. The number of carboxylic acids is 1. The lowest BCUT2D eigenvalue weighted by molar-refractivity contribution is 0.0690. The highest BCUT2D eigenvalue weighted by Gasteiger charge is 2.09. The van der Waals surface area contributed by atoms with Crippen molar-refractivity contribution in [2.75, 3.05) is 0 Å². The van der Waals surface area contributed by atoms with Crippen LogP contribution in [0.1, 0.15) is 10.5 Å². The summed E-state index contributed by atoms with van der Waals surface area (Å²) >= 11 is 0. The second-order valence-electron chi connectivity index (χ2n) is 4.12. The first-order valence-corrected chi connectivity index (χ1v) is 5.61. The Hall–Kier alpha value is -2.69. The smallest absolute Gasteiger partial charge is 0.354 e. The van der Waals surface area contributed by atoms with Crippen molar-refractivity contribution in [3.8, 4) is 11.1 Å². The third kappa shape index (κ3) is 1.95. The lowest BCUT2D eigenvalue weighted by Crippen LogP contribution is -2.00. The van der Waals surface area contributed by atoms with Crippen LogP contribution in [-0.4, -0.2) is 20.5 Å². The van der Waals surface area contributed by atoms with E-state index in [1.165, 1.54) is 18.5 Å². The first kappa shape index (κ1) is 11.4. The molecule has 94 valence electrons. The Kier molecular flexibility index (Phi) is 2.52. The van der Waals surface area contributed by atoms with Gasteiger partial charge in [-0.1, -0.05) is 18.2 Å². The molecule has 0 saturated carbocycles. The highest BCUT2D eigenvalue weighted by Crippen LogP contribution is 2.25. The second kappa shape index (κ2) is 4.20. The molecular weight excluding hydrogens is 247 g/mol. The summed E-state index contributed by atoms with van der Waals surface area (Å²) in [6.45, 7) is 0. The van der Waals surface area contributed by atoms with Crippen LogP contribution in [0.25, 0.3) is 16.6 Å². The van der Waals surface area contributed by atoms with Gasteiger partial charge in [-0.05, 0) is 18.2 Å². The number of carbonyl (C=O) groups is 1. The van der Waals surface area contributed by atoms with Crippen molar-refractivity contribution < 1.29 is 14.3 Å². The molecule has 0 fully saturated rings. The number of halogens is 1. The van der Waals surface area contributed by atoms with E-state index in [1.54, 1.807) is 34.9 Å². The Morgan fingerprint density at radius 1 is 1.26 bits per heavy atom. The van der Waals surface area contributed by atoms with Crippen LogP contribution in [0.5, 0.6) is 0 Å². The molecule has 0 amide bonds. The zero-order chi connectivity index (χ0) is 13.4. The molecule has 1 N–H and O–H groups in total. The SMILES string of the molecule is O=C(O)c1cc2cc(-c3ccccc3F)cn2cn1. The van der Waals surface area contributed by atoms with Crippen LogP contribution >= 0.6 is 0 Å². The van der Waals surface area contributed by atoms with Crippen molar-refractivity contribution in [1.29, 1.82) is 0 Å². The first-order valence-electron chi connectivity index (χ1n) is 5.61. The van der Waals surface area contributed by atoms with Gasteiger partial charge in [-0.2, -0.15) is 0 Å². The number of nitrogens with zero attached hydrogens (tertiary/aromatic N) is 2. The molecule has 0 bridgehead atoms. The maximum absolute atomic E-state index is 13.7. The number of benzene rings is 1. The van der Waals surface area contributed by atoms with Crippen molar-refractivity contribution in [3.05, 3.63) is 60.4 Å². The van der Waals surface area contributed by atoms with Gasteiger partial charge in [0.05, 0.1) is 0 Å². The molecule has 0 aliphatic rings. The van der Waals surface area contributed by atoms with E-state index in [2.05, 4.69) is 4.98 Å². The van der Waals surface area contributed by atoms with E-state index in [4.69, 9.17) is 5.11 Å². The number of aromatic nitrogens is 2. The third-order valence-corrected chi connectivity index (χ3v) is 2.89. The minimum absolute atomic E-state index is 0.0364. The molecule has 5 heteroatoms. The molecule has 4 nitrogen and oxygen atoms in total. The Morgan fingerprint density at radius 3 is 2.79 bits per heavy atom. The molecule has 2 aromatic heterocycles. The molecule has 0 radical (unpaired) electrons. The fraction of sp³-hybridized carbons (Fsp3) is 0. The Morgan fingerprint density at radius 2 is 2.05 bits per heavy atom. The number of carboxylic acid groups (broad SMARTS) is 1. The summed E-state index contributed by atoms with van der Waals surface area (Å²) in [5.74, 6) is -1.40. The number of rotatable bonds is 2. The van der Waals surface area contributed by atoms with E-state index < -0.39 is 5.97 Å². The molecule has 19 heavy (non-hydrogen) atoms. The molecule has 0 spiro atoms. The summed E-state index contributed by atoms with van der Waals surface area (Å²) < 4.78 is 15.4. The van der Waals surface area contributed by atoms with Gasteiger partial charge < -0.3 is 9.51 Å². The summed E-state index contributed by atoms with van der Waals surface area (Å²) in [5, 5.41) is 8.88. The largest absolute Gasteiger partial charge is 0.477 e. The standard InChI is InChI=1S/C14H9FN2O2/c15-12-4-2-1-3-11(12)9-5-10-6-13(14(18)19)16-8-17(10)7-9/h1-8H,(H,18,19). The maximum atomic E-state index is 13.7. The van der Waals surface area contributed by atoms with Crippen molar-refractivity contribution in [1.82, 2.24) is 9.38 Å². The van der Waals surface area contributed by atoms with Gasteiger partial charge in [0.1, 0.15) is 12.1 Å². The van der Waals surface area contributed by atoms with Crippen LogP contribution in [0, 0.1) is 5.82 Å². The number of hydrogen-bond acceptors (Lipinski definition) is 2. The summed E-state index contributed by atoms with van der Waals surface area (Å²) in [6, 6.07) is 9.62. The zero-order valence-corrected chi connectivity index (χ0v) is 9.75. The van der Waals surface area contributed by atoms with Gasteiger partial charge in [-0.15, -0.1) is 0 Å². The number of aromatic carboxylic acids is 1. The van der Waals surface area contributed by atoms with Gasteiger partial charge in [0.15, 0.2) is 5.69 Å². The van der Waals surface area contributed by atoms with E-state index in [0.29, 0.717) is 16.6 Å². The van der Waals surface area contributed by atoms with E-state index in [1.807, 2.05) is 0 Å². The number of fused-ring (bicyclic) bond motifs is 1. The van der Waals surface area contributed by atoms with Crippen LogP contribution in [0.2, 0.25) is 0 Å². The van der Waals surface area contributed by atoms with Crippen LogP contribution in [0.4, 0.5) is 4.39 Å². The first-order chi connectivity index (χ1) is 9.15. The molecular formula is C14H9FN2O2.